The van der Waals surface area contributed by atoms with Gasteiger partial charge in [-0.1, -0.05) is 57.1 Å². The van der Waals surface area contributed by atoms with Crippen LogP contribution in [0.2, 0.25) is 5.02 Å². The van der Waals surface area contributed by atoms with Crippen LogP contribution >= 0.6 is 23.4 Å². The number of fused-ring (bicyclic) bond motifs is 2. The van der Waals surface area contributed by atoms with Gasteiger partial charge in [-0.15, -0.1) is 0 Å². The standard InChI is InChI=1S/C23H28ClN5O2S/c1-14(2)11-27(12-15(3)4)20(30)9-18-13-32-23-26-21-19(22(31)28(18)23)10-25-29(21)17-7-5-6-16(24)8-17/h5-8,10,14-15,18H,9,11-13H2,1-4H3. The number of nitrogens with zero attached hydrogens (tertiary/aromatic N) is 5. The van der Waals surface area contributed by atoms with E-state index in [4.69, 9.17) is 16.6 Å². The third-order valence-corrected chi connectivity index (χ3v) is 6.69. The predicted molar refractivity (Wildman–Crippen MR) is 129 cm³/mol. The molecule has 1 atom stereocenters. The Morgan fingerprint density at radius 1 is 1.25 bits per heavy atom. The quantitative estimate of drug-likeness (QED) is 0.475. The van der Waals surface area contributed by atoms with Crippen molar-refractivity contribution in [3.63, 3.8) is 0 Å². The maximum absolute atomic E-state index is 13.4. The number of carbonyl (C=O) groups excluding carboxylic acids is 1. The molecule has 170 valence electrons. The summed E-state index contributed by atoms with van der Waals surface area (Å²) < 4.78 is 3.31. The van der Waals surface area contributed by atoms with Crippen LogP contribution in [0.5, 0.6) is 0 Å². The van der Waals surface area contributed by atoms with E-state index in [0.717, 1.165) is 18.8 Å². The van der Waals surface area contributed by atoms with E-state index < -0.39 is 0 Å². The Morgan fingerprint density at radius 3 is 2.62 bits per heavy atom. The summed E-state index contributed by atoms with van der Waals surface area (Å²) in [7, 11) is 0. The number of thioether (sulfide) groups is 1. The van der Waals surface area contributed by atoms with Crippen molar-refractivity contribution in [2.45, 2.75) is 45.3 Å². The average Bonchev–Trinajstić information content (AvgIpc) is 3.32. The van der Waals surface area contributed by atoms with E-state index in [-0.39, 0.29) is 17.5 Å². The normalized spacial score (nSPS) is 15.7. The molecular weight excluding hydrogens is 446 g/mol. The van der Waals surface area contributed by atoms with E-state index in [1.165, 1.54) is 11.8 Å². The van der Waals surface area contributed by atoms with Crippen molar-refractivity contribution in [2.24, 2.45) is 11.8 Å². The molecule has 1 aliphatic rings. The second-order valence-electron chi connectivity index (χ2n) is 9.10. The fourth-order valence-electron chi connectivity index (χ4n) is 4.07. The van der Waals surface area contributed by atoms with Gasteiger partial charge in [0, 0.05) is 30.3 Å². The van der Waals surface area contributed by atoms with Crippen LogP contribution in [0.15, 0.2) is 40.4 Å². The summed E-state index contributed by atoms with van der Waals surface area (Å²) in [4.78, 5) is 33.2. The lowest BCUT2D eigenvalue weighted by atomic mass is 10.1. The number of carbonyl (C=O) groups is 1. The summed E-state index contributed by atoms with van der Waals surface area (Å²) in [5, 5.41) is 6.04. The van der Waals surface area contributed by atoms with Crippen molar-refractivity contribution in [3.05, 3.63) is 45.8 Å². The van der Waals surface area contributed by atoms with Crippen molar-refractivity contribution >= 4 is 40.3 Å². The molecule has 3 heterocycles. The predicted octanol–water partition coefficient (Wildman–Crippen LogP) is 4.41. The summed E-state index contributed by atoms with van der Waals surface area (Å²) in [5.41, 5.74) is 1.10. The van der Waals surface area contributed by atoms with E-state index >= 15 is 0 Å². The smallest absolute Gasteiger partial charge is 0.265 e. The minimum atomic E-state index is -0.205. The molecule has 32 heavy (non-hydrogen) atoms. The molecule has 0 fully saturated rings. The molecule has 1 amide bonds. The molecule has 0 saturated carbocycles. The fraction of sp³-hybridized carbons (Fsp3) is 0.478. The highest BCUT2D eigenvalue weighted by Gasteiger charge is 2.31. The Kier molecular flexibility index (Phi) is 6.62. The molecule has 7 nitrogen and oxygen atoms in total. The summed E-state index contributed by atoms with van der Waals surface area (Å²) in [6, 6.07) is 7.08. The Hall–Kier alpha value is -2.32. The third-order valence-electron chi connectivity index (χ3n) is 5.36. The van der Waals surface area contributed by atoms with E-state index in [0.29, 0.717) is 45.2 Å². The van der Waals surface area contributed by atoms with Crippen molar-refractivity contribution in [2.75, 3.05) is 18.8 Å². The Bertz CT molecular complexity index is 1190. The SMILES string of the molecule is CC(C)CN(CC(C)C)C(=O)CC1CSc2nc3c(cnn3-c3cccc(Cl)c3)c(=O)n21. The first-order chi connectivity index (χ1) is 15.2. The van der Waals surface area contributed by atoms with E-state index in [2.05, 4.69) is 32.8 Å². The average molecular weight is 474 g/mol. The van der Waals surface area contributed by atoms with Crippen LogP contribution in [-0.4, -0.2) is 49.0 Å². The maximum atomic E-state index is 13.4. The molecule has 1 unspecified atom stereocenters. The zero-order chi connectivity index (χ0) is 23.0. The zero-order valence-electron chi connectivity index (χ0n) is 18.8. The van der Waals surface area contributed by atoms with Crippen LogP contribution < -0.4 is 5.56 Å². The third kappa shape index (κ3) is 4.57. The number of hydrogen-bond acceptors (Lipinski definition) is 5. The first-order valence-corrected chi connectivity index (χ1v) is 12.3. The van der Waals surface area contributed by atoms with Gasteiger partial charge < -0.3 is 4.90 Å². The second kappa shape index (κ2) is 9.27. The van der Waals surface area contributed by atoms with Gasteiger partial charge in [0.15, 0.2) is 10.8 Å². The minimum Gasteiger partial charge on any atom is -0.342 e. The summed E-state index contributed by atoms with van der Waals surface area (Å²) in [5.74, 6) is 1.53. The second-order valence-corrected chi connectivity index (χ2v) is 10.5. The number of amides is 1. The lowest BCUT2D eigenvalue weighted by molar-refractivity contribution is -0.133. The van der Waals surface area contributed by atoms with Gasteiger partial charge in [0.2, 0.25) is 5.91 Å². The van der Waals surface area contributed by atoms with Crippen molar-refractivity contribution < 1.29 is 4.79 Å². The molecule has 1 aromatic carbocycles. The monoisotopic (exact) mass is 473 g/mol. The van der Waals surface area contributed by atoms with Gasteiger partial charge >= 0.3 is 0 Å². The van der Waals surface area contributed by atoms with Gasteiger partial charge in [-0.05, 0) is 30.0 Å². The van der Waals surface area contributed by atoms with Crippen LogP contribution in [0.3, 0.4) is 0 Å². The molecule has 0 aliphatic carbocycles. The molecule has 0 spiro atoms. The molecule has 0 N–H and O–H groups in total. The number of halogens is 1. The van der Waals surface area contributed by atoms with E-state index in [1.807, 2.05) is 17.0 Å². The lowest BCUT2D eigenvalue weighted by Crippen LogP contribution is -2.39. The first kappa shape index (κ1) is 22.9. The highest BCUT2D eigenvalue weighted by Crippen LogP contribution is 2.34. The van der Waals surface area contributed by atoms with Gasteiger partial charge in [-0.2, -0.15) is 5.10 Å². The van der Waals surface area contributed by atoms with Crippen molar-refractivity contribution in [3.8, 4) is 5.69 Å². The van der Waals surface area contributed by atoms with E-state index in [1.54, 1.807) is 27.6 Å². The largest absolute Gasteiger partial charge is 0.342 e. The number of hydrogen-bond donors (Lipinski definition) is 0. The van der Waals surface area contributed by atoms with Gasteiger partial charge in [0.25, 0.3) is 5.56 Å². The molecule has 0 radical (unpaired) electrons. The molecular formula is C23H28ClN5O2S. The molecule has 9 heteroatoms. The van der Waals surface area contributed by atoms with Crippen LogP contribution in [0.4, 0.5) is 0 Å². The minimum absolute atomic E-state index is 0.0902. The van der Waals surface area contributed by atoms with Crippen molar-refractivity contribution in [1.82, 2.24) is 24.2 Å². The highest BCUT2D eigenvalue weighted by atomic mass is 35.5. The Morgan fingerprint density at radius 2 is 1.97 bits per heavy atom. The summed E-state index contributed by atoms with van der Waals surface area (Å²) in [6.07, 6.45) is 1.85. The first-order valence-electron chi connectivity index (χ1n) is 10.9. The Labute approximate surface area is 196 Å². The van der Waals surface area contributed by atoms with Gasteiger partial charge in [0.05, 0.1) is 17.9 Å². The van der Waals surface area contributed by atoms with Crippen molar-refractivity contribution in [1.29, 1.82) is 0 Å². The molecule has 4 rings (SSSR count). The molecule has 0 bridgehead atoms. The number of rotatable bonds is 7. The van der Waals surface area contributed by atoms with Crippen LogP contribution in [-0.2, 0) is 4.79 Å². The molecule has 1 aliphatic heterocycles. The maximum Gasteiger partial charge on any atom is 0.265 e. The molecule has 0 saturated heterocycles. The highest BCUT2D eigenvalue weighted by molar-refractivity contribution is 7.99. The van der Waals surface area contributed by atoms with Crippen LogP contribution in [0, 0.1) is 11.8 Å². The van der Waals surface area contributed by atoms with E-state index in [9.17, 15) is 9.59 Å². The zero-order valence-corrected chi connectivity index (χ0v) is 20.4. The van der Waals surface area contributed by atoms with Gasteiger partial charge in [0.1, 0.15) is 5.39 Å². The molecule has 2 aromatic heterocycles. The van der Waals surface area contributed by atoms with Crippen LogP contribution in [0.1, 0.15) is 40.2 Å². The number of aromatic nitrogens is 4. The number of benzene rings is 1. The molecule has 3 aromatic rings. The van der Waals surface area contributed by atoms with Gasteiger partial charge in [-0.3, -0.25) is 14.2 Å². The lowest BCUT2D eigenvalue weighted by Gasteiger charge is -2.27. The van der Waals surface area contributed by atoms with Gasteiger partial charge in [-0.25, -0.2) is 9.67 Å². The summed E-state index contributed by atoms with van der Waals surface area (Å²) >= 11 is 7.64. The topological polar surface area (TPSA) is 73.0 Å². The van der Waals surface area contributed by atoms with Crippen LogP contribution in [0.25, 0.3) is 16.7 Å². The Balaban J connectivity index is 1.65. The fourth-order valence-corrected chi connectivity index (χ4v) is 5.38. The summed E-state index contributed by atoms with van der Waals surface area (Å²) in [6.45, 7) is 9.91.